The Morgan fingerprint density at radius 2 is 2.08 bits per heavy atom. The molecule has 1 N–H and O–H groups in total. The van der Waals surface area contributed by atoms with E-state index >= 15 is 0 Å². The van der Waals surface area contributed by atoms with E-state index in [1.165, 1.54) is 12.8 Å². The molecule has 1 aliphatic carbocycles. The second kappa shape index (κ2) is 3.92. The van der Waals surface area contributed by atoms with Crippen LogP contribution in [0.5, 0.6) is 0 Å². The van der Waals surface area contributed by atoms with Crippen molar-refractivity contribution < 1.29 is 5.21 Å². The largest absolute Gasteiger partial charge is 0.411 e. The summed E-state index contributed by atoms with van der Waals surface area (Å²) in [5.41, 5.74) is 1.02. The highest BCUT2D eigenvalue weighted by atomic mass is 16.4. The zero-order valence-corrected chi connectivity index (χ0v) is 8.25. The number of nitrogens with zero attached hydrogens (tertiary/aromatic N) is 1. The summed E-state index contributed by atoms with van der Waals surface area (Å²) in [5, 5.41) is 12.2. The molecule has 0 aromatic rings. The van der Waals surface area contributed by atoms with Crippen LogP contribution >= 0.6 is 0 Å². The molecule has 0 aromatic carbocycles. The van der Waals surface area contributed by atoms with E-state index in [1.807, 2.05) is 0 Å². The highest BCUT2D eigenvalue weighted by molar-refractivity contribution is 5.87. The third-order valence-electron chi connectivity index (χ3n) is 2.89. The third kappa shape index (κ3) is 1.99. The normalized spacial score (nSPS) is 34.5. The van der Waals surface area contributed by atoms with Crippen molar-refractivity contribution in [3.05, 3.63) is 0 Å². The maximum Gasteiger partial charge on any atom is 0.0606 e. The van der Waals surface area contributed by atoms with Crippen molar-refractivity contribution in [1.82, 2.24) is 0 Å². The summed E-state index contributed by atoms with van der Waals surface area (Å²) in [5.74, 6) is 1.83. The molecule has 0 saturated heterocycles. The van der Waals surface area contributed by atoms with Crippen molar-refractivity contribution in [2.24, 2.45) is 22.9 Å². The first kappa shape index (κ1) is 9.56. The summed E-state index contributed by atoms with van der Waals surface area (Å²) in [6.07, 6.45) is 3.46. The molecule has 0 bridgehead atoms. The van der Waals surface area contributed by atoms with Gasteiger partial charge in [-0.3, -0.25) is 0 Å². The second-order valence-electron chi connectivity index (χ2n) is 4.33. The smallest absolute Gasteiger partial charge is 0.0606 e. The minimum Gasteiger partial charge on any atom is -0.411 e. The zero-order valence-electron chi connectivity index (χ0n) is 8.25. The molecule has 70 valence electrons. The Bertz CT molecular complexity index is 175. The van der Waals surface area contributed by atoms with E-state index in [2.05, 4.69) is 25.9 Å². The van der Waals surface area contributed by atoms with E-state index in [1.54, 1.807) is 0 Å². The van der Waals surface area contributed by atoms with Crippen LogP contribution in [0.2, 0.25) is 0 Å². The fourth-order valence-electron chi connectivity index (χ4n) is 2.07. The molecule has 0 spiro atoms. The van der Waals surface area contributed by atoms with Crippen LogP contribution in [0.4, 0.5) is 0 Å². The van der Waals surface area contributed by atoms with E-state index in [0.29, 0.717) is 17.8 Å². The van der Waals surface area contributed by atoms with Crippen molar-refractivity contribution >= 4 is 5.71 Å². The average Bonchev–Trinajstić information content (AvgIpc) is 2.03. The number of rotatable bonds is 1. The molecule has 2 nitrogen and oxygen atoms in total. The molecule has 0 radical (unpaired) electrons. The van der Waals surface area contributed by atoms with Gasteiger partial charge >= 0.3 is 0 Å². The third-order valence-corrected chi connectivity index (χ3v) is 2.89. The Morgan fingerprint density at radius 1 is 1.42 bits per heavy atom. The van der Waals surface area contributed by atoms with Crippen LogP contribution < -0.4 is 0 Å². The van der Waals surface area contributed by atoms with Gasteiger partial charge in [0.05, 0.1) is 5.71 Å². The lowest BCUT2D eigenvalue weighted by molar-refractivity contribution is 0.291. The summed E-state index contributed by atoms with van der Waals surface area (Å²) in [6.45, 7) is 6.62. The van der Waals surface area contributed by atoms with Gasteiger partial charge in [-0.05, 0) is 31.1 Å². The minimum absolute atomic E-state index is 0.520. The molecule has 2 atom stereocenters. The first-order chi connectivity index (χ1) is 5.65. The second-order valence-corrected chi connectivity index (χ2v) is 4.33. The Balaban J connectivity index is 2.63. The van der Waals surface area contributed by atoms with Crippen molar-refractivity contribution in [1.29, 1.82) is 0 Å². The molecule has 1 aliphatic rings. The summed E-state index contributed by atoms with van der Waals surface area (Å²) in [4.78, 5) is 0. The van der Waals surface area contributed by atoms with Gasteiger partial charge in [0.1, 0.15) is 0 Å². The molecule has 0 aromatic heterocycles. The van der Waals surface area contributed by atoms with Crippen LogP contribution in [-0.2, 0) is 0 Å². The van der Waals surface area contributed by atoms with E-state index < -0.39 is 0 Å². The van der Waals surface area contributed by atoms with Crippen LogP contribution in [0.1, 0.15) is 40.0 Å². The Morgan fingerprint density at radius 3 is 2.58 bits per heavy atom. The van der Waals surface area contributed by atoms with Crippen LogP contribution in [0, 0.1) is 17.8 Å². The van der Waals surface area contributed by atoms with Crippen molar-refractivity contribution in [2.45, 2.75) is 40.0 Å². The molecule has 1 rings (SSSR count). The van der Waals surface area contributed by atoms with E-state index in [9.17, 15) is 0 Å². The highest BCUT2D eigenvalue weighted by Crippen LogP contribution is 2.30. The maximum atomic E-state index is 8.82. The number of oxime groups is 1. The minimum atomic E-state index is 0.520. The predicted molar refractivity (Wildman–Crippen MR) is 50.6 cm³/mol. The summed E-state index contributed by atoms with van der Waals surface area (Å²) in [7, 11) is 0. The van der Waals surface area contributed by atoms with Crippen LogP contribution in [0.3, 0.4) is 0 Å². The van der Waals surface area contributed by atoms with Gasteiger partial charge in [-0.15, -0.1) is 0 Å². The summed E-state index contributed by atoms with van der Waals surface area (Å²) >= 11 is 0. The molecule has 1 saturated carbocycles. The topological polar surface area (TPSA) is 32.6 Å². The lowest BCUT2D eigenvalue weighted by Crippen LogP contribution is -2.27. The molecule has 0 amide bonds. The van der Waals surface area contributed by atoms with Gasteiger partial charge in [0.2, 0.25) is 0 Å². The SMILES string of the molecule is CC1CCC(C(C)C)/C(=N/O)C1. The lowest BCUT2D eigenvalue weighted by Gasteiger charge is -2.29. The Hall–Kier alpha value is -0.530. The Labute approximate surface area is 74.7 Å². The van der Waals surface area contributed by atoms with Gasteiger partial charge in [-0.2, -0.15) is 0 Å². The quantitative estimate of drug-likeness (QED) is 0.475. The molecule has 2 heteroatoms. The van der Waals surface area contributed by atoms with Crippen molar-refractivity contribution in [3.63, 3.8) is 0 Å². The van der Waals surface area contributed by atoms with E-state index in [0.717, 1.165) is 12.1 Å². The fraction of sp³-hybridized carbons (Fsp3) is 0.900. The maximum absolute atomic E-state index is 8.82. The van der Waals surface area contributed by atoms with Gasteiger partial charge in [-0.25, -0.2) is 0 Å². The summed E-state index contributed by atoms with van der Waals surface area (Å²) < 4.78 is 0. The lowest BCUT2D eigenvalue weighted by atomic mass is 9.76. The first-order valence-corrected chi connectivity index (χ1v) is 4.86. The number of hydrogen-bond acceptors (Lipinski definition) is 2. The van der Waals surface area contributed by atoms with Gasteiger partial charge in [0.25, 0.3) is 0 Å². The number of hydrogen-bond donors (Lipinski definition) is 1. The molecular weight excluding hydrogens is 150 g/mol. The van der Waals surface area contributed by atoms with Crippen LogP contribution in [0.15, 0.2) is 5.16 Å². The molecule has 0 aliphatic heterocycles. The summed E-state index contributed by atoms with van der Waals surface area (Å²) in [6, 6.07) is 0. The fourth-order valence-corrected chi connectivity index (χ4v) is 2.07. The van der Waals surface area contributed by atoms with Gasteiger partial charge in [-0.1, -0.05) is 25.9 Å². The standard InChI is InChI=1S/C10H19NO/c1-7(2)9-5-4-8(3)6-10(9)11-12/h7-9,12H,4-6H2,1-3H3/b11-10+. The van der Waals surface area contributed by atoms with E-state index in [4.69, 9.17) is 5.21 Å². The van der Waals surface area contributed by atoms with Gasteiger partial charge in [0, 0.05) is 5.92 Å². The predicted octanol–water partition coefficient (Wildman–Crippen LogP) is 2.91. The molecule has 0 heterocycles. The molecule has 12 heavy (non-hydrogen) atoms. The van der Waals surface area contributed by atoms with Gasteiger partial charge in [0.15, 0.2) is 0 Å². The zero-order chi connectivity index (χ0) is 9.14. The average molecular weight is 169 g/mol. The monoisotopic (exact) mass is 169 g/mol. The first-order valence-electron chi connectivity index (χ1n) is 4.86. The van der Waals surface area contributed by atoms with Gasteiger partial charge < -0.3 is 5.21 Å². The molecule has 2 unspecified atom stereocenters. The molecular formula is C10H19NO. The van der Waals surface area contributed by atoms with E-state index in [-0.39, 0.29) is 0 Å². The van der Waals surface area contributed by atoms with Crippen molar-refractivity contribution in [3.8, 4) is 0 Å². The van der Waals surface area contributed by atoms with Crippen LogP contribution in [-0.4, -0.2) is 10.9 Å². The highest BCUT2D eigenvalue weighted by Gasteiger charge is 2.27. The molecule has 1 fully saturated rings. The van der Waals surface area contributed by atoms with Crippen molar-refractivity contribution in [2.75, 3.05) is 0 Å². The Kier molecular flexibility index (Phi) is 3.12. The van der Waals surface area contributed by atoms with Crippen LogP contribution in [0.25, 0.3) is 0 Å².